The van der Waals surface area contributed by atoms with Gasteiger partial charge < -0.3 is 0 Å². The summed E-state index contributed by atoms with van der Waals surface area (Å²) in [6, 6.07) is 5.91. The Hall–Kier alpha value is 0.0300. The first-order valence-corrected chi connectivity index (χ1v) is 5.86. The van der Waals surface area contributed by atoms with Crippen molar-refractivity contribution in [3.05, 3.63) is 32.7 Å². The summed E-state index contributed by atoms with van der Waals surface area (Å²) >= 11 is 12.3. The molecule has 0 unspecified atom stereocenters. The summed E-state index contributed by atoms with van der Waals surface area (Å²) in [6.45, 7) is 0. The molecule has 0 heterocycles. The Bertz CT molecular complexity index is 350. The molecule has 0 aliphatic heterocycles. The van der Waals surface area contributed by atoms with E-state index in [0.717, 1.165) is 20.9 Å². The van der Waals surface area contributed by atoms with Crippen LogP contribution < -0.4 is 0 Å². The fourth-order valence-electron chi connectivity index (χ4n) is 0.798. The molecule has 0 radical (unpaired) electrons. The molecule has 0 fully saturated rings. The molecule has 13 heavy (non-hydrogen) atoms. The fraction of sp³-hybridized carbons (Fsp3) is 0.200. The fourth-order valence-corrected chi connectivity index (χ4v) is 1.60. The van der Waals surface area contributed by atoms with E-state index in [0.29, 0.717) is 5.88 Å². The Balaban J connectivity index is 2.89. The molecular formula is C10H7Br2Cl. The highest BCUT2D eigenvalue weighted by Crippen LogP contribution is 2.20. The highest BCUT2D eigenvalue weighted by Gasteiger charge is 1.95. The summed E-state index contributed by atoms with van der Waals surface area (Å²) < 4.78 is 2.05. The Morgan fingerprint density at radius 2 is 2.08 bits per heavy atom. The smallest absolute Gasteiger partial charge is 0.0398 e. The molecule has 0 spiro atoms. The zero-order valence-electron chi connectivity index (χ0n) is 6.78. The van der Waals surface area contributed by atoms with Gasteiger partial charge >= 0.3 is 0 Å². The normalized spacial score (nSPS) is 9.15. The van der Waals surface area contributed by atoms with Crippen LogP contribution in [0.25, 0.3) is 0 Å². The first-order valence-electron chi connectivity index (χ1n) is 3.74. The van der Waals surface area contributed by atoms with Crippen LogP contribution in [0.2, 0.25) is 0 Å². The minimum atomic E-state index is 0.582. The van der Waals surface area contributed by atoms with Crippen LogP contribution in [-0.2, 0) is 0 Å². The highest BCUT2D eigenvalue weighted by atomic mass is 79.9. The van der Waals surface area contributed by atoms with Gasteiger partial charge in [0.25, 0.3) is 0 Å². The molecule has 1 aromatic rings. The van der Waals surface area contributed by atoms with E-state index in [4.69, 9.17) is 11.6 Å². The van der Waals surface area contributed by atoms with Crippen LogP contribution in [0, 0.1) is 11.8 Å². The largest absolute Gasteiger partial charge is 0.126 e. The molecule has 1 aromatic carbocycles. The van der Waals surface area contributed by atoms with Gasteiger partial charge in [-0.25, -0.2) is 0 Å². The van der Waals surface area contributed by atoms with Crippen molar-refractivity contribution >= 4 is 43.5 Å². The van der Waals surface area contributed by atoms with Crippen LogP contribution in [-0.4, -0.2) is 5.88 Å². The first kappa shape index (κ1) is 11.1. The SMILES string of the molecule is ClCCC#Cc1cc(Br)ccc1Br. The molecule has 0 amide bonds. The van der Waals surface area contributed by atoms with E-state index in [1.54, 1.807) is 0 Å². The quantitative estimate of drug-likeness (QED) is 0.537. The van der Waals surface area contributed by atoms with E-state index in [1.165, 1.54) is 0 Å². The number of rotatable bonds is 1. The maximum atomic E-state index is 5.52. The van der Waals surface area contributed by atoms with Gasteiger partial charge in [-0.2, -0.15) is 0 Å². The Labute approximate surface area is 99.9 Å². The van der Waals surface area contributed by atoms with E-state index >= 15 is 0 Å². The van der Waals surface area contributed by atoms with Gasteiger partial charge in [0.1, 0.15) is 0 Å². The average Bonchev–Trinajstić information content (AvgIpc) is 2.11. The van der Waals surface area contributed by atoms with Gasteiger partial charge in [0.05, 0.1) is 0 Å². The van der Waals surface area contributed by atoms with E-state index in [9.17, 15) is 0 Å². The standard InChI is InChI=1S/C10H7Br2Cl/c11-9-4-5-10(12)8(7-9)3-1-2-6-13/h4-5,7H,2,6H2. The van der Waals surface area contributed by atoms with Crippen molar-refractivity contribution in [3.63, 3.8) is 0 Å². The van der Waals surface area contributed by atoms with Crippen LogP contribution in [0.1, 0.15) is 12.0 Å². The minimum Gasteiger partial charge on any atom is -0.126 e. The molecule has 3 heteroatoms. The van der Waals surface area contributed by atoms with Gasteiger partial charge in [0, 0.05) is 26.8 Å². The lowest BCUT2D eigenvalue weighted by Crippen LogP contribution is -1.77. The maximum absolute atomic E-state index is 5.52. The van der Waals surface area contributed by atoms with Crippen molar-refractivity contribution in [1.82, 2.24) is 0 Å². The Morgan fingerprint density at radius 1 is 1.31 bits per heavy atom. The lowest BCUT2D eigenvalue weighted by atomic mass is 10.2. The summed E-state index contributed by atoms with van der Waals surface area (Å²) in [5.41, 5.74) is 0.986. The number of alkyl halides is 1. The molecule has 0 aliphatic carbocycles. The monoisotopic (exact) mass is 320 g/mol. The van der Waals surface area contributed by atoms with Crippen LogP contribution in [0.4, 0.5) is 0 Å². The summed E-state index contributed by atoms with van der Waals surface area (Å²) in [5, 5.41) is 0. The van der Waals surface area contributed by atoms with Crippen molar-refractivity contribution in [2.24, 2.45) is 0 Å². The maximum Gasteiger partial charge on any atom is 0.0398 e. The van der Waals surface area contributed by atoms with Crippen molar-refractivity contribution in [2.45, 2.75) is 6.42 Å². The second-order valence-electron chi connectivity index (χ2n) is 2.36. The van der Waals surface area contributed by atoms with Crippen molar-refractivity contribution in [2.75, 3.05) is 5.88 Å². The summed E-state index contributed by atoms with van der Waals surface area (Å²) in [6.07, 6.45) is 0.723. The van der Waals surface area contributed by atoms with Gasteiger partial charge in [0.15, 0.2) is 0 Å². The zero-order valence-corrected chi connectivity index (χ0v) is 10.7. The Kier molecular flexibility index (Phi) is 4.87. The number of hydrogen-bond acceptors (Lipinski definition) is 0. The van der Waals surface area contributed by atoms with Crippen LogP contribution in [0.3, 0.4) is 0 Å². The summed E-state index contributed by atoms with van der Waals surface area (Å²) in [7, 11) is 0. The van der Waals surface area contributed by atoms with Crippen LogP contribution >= 0.6 is 43.5 Å². The topological polar surface area (TPSA) is 0 Å². The van der Waals surface area contributed by atoms with Gasteiger partial charge in [0.2, 0.25) is 0 Å². The molecule has 0 saturated heterocycles. The molecule has 0 saturated carbocycles. The van der Waals surface area contributed by atoms with Crippen LogP contribution in [0.15, 0.2) is 27.1 Å². The molecule has 1 rings (SSSR count). The highest BCUT2D eigenvalue weighted by molar-refractivity contribution is 9.11. The third kappa shape index (κ3) is 3.72. The minimum absolute atomic E-state index is 0.582. The third-order valence-corrected chi connectivity index (χ3v) is 2.74. The van der Waals surface area contributed by atoms with E-state index in [-0.39, 0.29) is 0 Å². The van der Waals surface area contributed by atoms with E-state index < -0.39 is 0 Å². The van der Waals surface area contributed by atoms with E-state index in [2.05, 4.69) is 43.7 Å². The predicted octanol–water partition coefficient (Wildman–Crippen LogP) is 4.19. The number of benzene rings is 1. The average molecular weight is 322 g/mol. The van der Waals surface area contributed by atoms with Crippen LogP contribution in [0.5, 0.6) is 0 Å². The molecule has 0 N–H and O–H groups in total. The molecular weight excluding hydrogens is 315 g/mol. The van der Waals surface area contributed by atoms with Crippen molar-refractivity contribution < 1.29 is 0 Å². The zero-order chi connectivity index (χ0) is 9.68. The lowest BCUT2D eigenvalue weighted by molar-refractivity contribution is 1.29. The Morgan fingerprint density at radius 3 is 2.77 bits per heavy atom. The molecule has 68 valence electrons. The third-order valence-electron chi connectivity index (χ3n) is 1.37. The molecule has 0 atom stereocenters. The molecule has 0 aliphatic rings. The van der Waals surface area contributed by atoms with Crippen molar-refractivity contribution in [1.29, 1.82) is 0 Å². The second-order valence-corrected chi connectivity index (χ2v) is 4.51. The summed E-state index contributed by atoms with van der Waals surface area (Å²) in [4.78, 5) is 0. The van der Waals surface area contributed by atoms with E-state index in [1.807, 2.05) is 18.2 Å². The van der Waals surface area contributed by atoms with Gasteiger partial charge in [-0.05, 0) is 34.1 Å². The first-order chi connectivity index (χ1) is 6.24. The number of hydrogen-bond donors (Lipinski definition) is 0. The van der Waals surface area contributed by atoms with Gasteiger partial charge in [-0.1, -0.05) is 27.8 Å². The molecule has 0 nitrogen and oxygen atoms in total. The summed E-state index contributed by atoms with van der Waals surface area (Å²) in [5.74, 6) is 6.61. The molecule has 0 aromatic heterocycles. The predicted molar refractivity (Wildman–Crippen MR) is 64.1 cm³/mol. The van der Waals surface area contributed by atoms with Gasteiger partial charge in [-0.15, -0.1) is 11.6 Å². The molecule has 0 bridgehead atoms. The van der Waals surface area contributed by atoms with Gasteiger partial charge in [-0.3, -0.25) is 0 Å². The lowest BCUT2D eigenvalue weighted by Gasteiger charge is -1.95. The van der Waals surface area contributed by atoms with Crippen molar-refractivity contribution in [3.8, 4) is 11.8 Å². The number of halogens is 3. The second kappa shape index (κ2) is 5.70.